The average Bonchev–Trinajstić information content (AvgIpc) is 2.48. The first-order valence-corrected chi connectivity index (χ1v) is 8.14. The van der Waals surface area contributed by atoms with Gasteiger partial charge in [0.15, 0.2) is 0 Å². The highest BCUT2D eigenvalue weighted by Crippen LogP contribution is 2.26. The lowest BCUT2D eigenvalue weighted by Gasteiger charge is -2.43. The summed E-state index contributed by atoms with van der Waals surface area (Å²) in [6.45, 7) is 3.47. The van der Waals surface area contributed by atoms with E-state index in [-0.39, 0.29) is 31.2 Å². The molecule has 0 radical (unpaired) electrons. The number of carboxylic acids is 2. The third-order valence-electron chi connectivity index (χ3n) is 4.76. The molecule has 0 aromatic rings. The van der Waals surface area contributed by atoms with Gasteiger partial charge in [-0.05, 0) is 32.2 Å². The SMILES string of the molecule is CCN(CC(=O)O)C1CC(NC(=O)N2CCCC(C(=O)O)C2)C1. The quantitative estimate of drug-likeness (QED) is 0.652. The van der Waals surface area contributed by atoms with E-state index in [4.69, 9.17) is 10.2 Å². The first-order chi connectivity index (χ1) is 10.9. The molecule has 2 aliphatic rings. The van der Waals surface area contributed by atoms with Crippen molar-refractivity contribution in [3.8, 4) is 0 Å². The summed E-state index contributed by atoms with van der Waals surface area (Å²) in [4.78, 5) is 37.5. The number of amides is 2. The Morgan fingerprint density at radius 1 is 1.26 bits per heavy atom. The summed E-state index contributed by atoms with van der Waals surface area (Å²) in [5.74, 6) is -2.17. The number of rotatable bonds is 6. The lowest BCUT2D eigenvalue weighted by atomic mass is 9.85. The number of aliphatic carboxylic acids is 2. The summed E-state index contributed by atoms with van der Waals surface area (Å²) in [6.07, 6.45) is 2.80. The first-order valence-electron chi connectivity index (χ1n) is 8.14. The van der Waals surface area contributed by atoms with Crippen LogP contribution < -0.4 is 5.32 Å². The smallest absolute Gasteiger partial charge is 0.317 e. The molecule has 1 unspecified atom stereocenters. The molecule has 0 bridgehead atoms. The molecule has 0 aromatic carbocycles. The number of piperidine rings is 1. The number of likely N-dealkylation sites (N-methyl/N-ethyl adjacent to an activating group) is 1. The van der Waals surface area contributed by atoms with E-state index >= 15 is 0 Å². The van der Waals surface area contributed by atoms with Gasteiger partial charge in [0.25, 0.3) is 0 Å². The van der Waals surface area contributed by atoms with Crippen molar-refractivity contribution in [2.45, 2.75) is 44.7 Å². The number of carbonyl (C=O) groups is 3. The highest BCUT2D eigenvalue weighted by Gasteiger charge is 2.36. The summed E-state index contributed by atoms with van der Waals surface area (Å²) < 4.78 is 0. The van der Waals surface area contributed by atoms with Gasteiger partial charge in [0.05, 0.1) is 12.5 Å². The van der Waals surface area contributed by atoms with Gasteiger partial charge in [-0.25, -0.2) is 4.79 Å². The lowest BCUT2D eigenvalue weighted by Crippen LogP contribution is -2.57. The van der Waals surface area contributed by atoms with Crippen LogP contribution in [0.15, 0.2) is 0 Å². The van der Waals surface area contributed by atoms with Crippen LogP contribution in [-0.4, -0.2) is 76.2 Å². The molecular formula is C15H25N3O5. The number of nitrogens with one attached hydrogen (secondary N) is 1. The number of carboxylic acid groups (broad SMARTS) is 2. The molecule has 0 spiro atoms. The molecule has 1 saturated carbocycles. The molecule has 130 valence electrons. The van der Waals surface area contributed by atoms with E-state index in [1.807, 2.05) is 11.8 Å². The van der Waals surface area contributed by atoms with Gasteiger partial charge < -0.3 is 20.4 Å². The van der Waals surface area contributed by atoms with Gasteiger partial charge in [-0.2, -0.15) is 0 Å². The van der Waals surface area contributed by atoms with E-state index in [1.54, 1.807) is 4.90 Å². The molecule has 8 heteroatoms. The standard InChI is InChI=1S/C15H25N3O5/c1-2-17(9-13(19)20)12-6-11(7-12)16-15(23)18-5-3-4-10(8-18)14(21)22/h10-12H,2-9H2,1H3,(H,16,23)(H,19,20)(H,21,22). The summed E-state index contributed by atoms with van der Waals surface area (Å²) in [5, 5.41) is 20.9. The van der Waals surface area contributed by atoms with Crippen molar-refractivity contribution in [1.82, 2.24) is 15.1 Å². The van der Waals surface area contributed by atoms with Crippen LogP contribution >= 0.6 is 0 Å². The van der Waals surface area contributed by atoms with Crippen LogP contribution in [0.25, 0.3) is 0 Å². The van der Waals surface area contributed by atoms with E-state index in [2.05, 4.69) is 5.32 Å². The number of likely N-dealkylation sites (tertiary alicyclic amines) is 1. The lowest BCUT2D eigenvalue weighted by molar-refractivity contribution is -0.143. The molecule has 0 aromatic heterocycles. The highest BCUT2D eigenvalue weighted by molar-refractivity contribution is 5.77. The Morgan fingerprint density at radius 3 is 2.52 bits per heavy atom. The molecule has 1 saturated heterocycles. The van der Waals surface area contributed by atoms with Crippen molar-refractivity contribution >= 4 is 18.0 Å². The summed E-state index contributed by atoms with van der Waals surface area (Å²) in [6, 6.07) is 0.0238. The zero-order valence-electron chi connectivity index (χ0n) is 13.4. The monoisotopic (exact) mass is 327 g/mol. The van der Waals surface area contributed by atoms with E-state index in [1.165, 1.54) is 0 Å². The highest BCUT2D eigenvalue weighted by atomic mass is 16.4. The van der Waals surface area contributed by atoms with E-state index in [0.717, 1.165) is 12.8 Å². The molecule has 1 aliphatic carbocycles. The topological polar surface area (TPSA) is 110 Å². The molecule has 3 N–H and O–H groups in total. The van der Waals surface area contributed by atoms with Crippen LogP contribution in [0.2, 0.25) is 0 Å². The second-order valence-electron chi connectivity index (χ2n) is 6.35. The number of urea groups is 1. The van der Waals surface area contributed by atoms with Gasteiger partial charge in [-0.3, -0.25) is 14.5 Å². The third kappa shape index (κ3) is 4.57. The van der Waals surface area contributed by atoms with Gasteiger partial charge >= 0.3 is 18.0 Å². The predicted octanol–water partition coefficient (Wildman–Crippen LogP) is 0.430. The van der Waals surface area contributed by atoms with Crippen molar-refractivity contribution in [3.05, 3.63) is 0 Å². The van der Waals surface area contributed by atoms with Gasteiger partial charge in [-0.1, -0.05) is 6.92 Å². The molecule has 1 aliphatic heterocycles. The fraction of sp³-hybridized carbons (Fsp3) is 0.800. The van der Waals surface area contributed by atoms with E-state index in [0.29, 0.717) is 25.9 Å². The minimum atomic E-state index is -0.849. The van der Waals surface area contributed by atoms with Crippen LogP contribution in [0, 0.1) is 5.92 Å². The van der Waals surface area contributed by atoms with Crippen molar-refractivity contribution in [2.24, 2.45) is 5.92 Å². The Hall–Kier alpha value is -1.83. The van der Waals surface area contributed by atoms with Crippen LogP contribution in [0.5, 0.6) is 0 Å². The minimum absolute atomic E-state index is 0.0221. The van der Waals surface area contributed by atoms with Crippen molar-refractivity contribution in [2.75, 3.05) is 26.2 Å². The van der Waals surface area contributed by atoms with Gasteiger partial charge in [0.1, 0.15) is 0 Å². The molecule has 8 nitrogen and oxygen atoms in total. The van der Waals surface area contributed by atoms with Gasteiger partial charge in [0.2, 0.25) is 0 Å². The Bertz CT molecular complexity index is 464. The normalized spacial score (nSPS) is 27.4. The maximum atomic E-state index is 12.2. The molecule has 1 atom stereocenters. The van der Waals surface area contributed by atoms with Crippen molar-refractivity contribution < 1.29 is 24.6 Å². The Balaban J connectivity index is 1.75. The maximum absolute atomic E-state index is 12.2. The zero-order chi connectivity index (χ0) is 17.0. The number of hydrogen-bond donors (Lipinski definition) is 3. The largest absolute Gasteiger partial charge is 0.481 e. The number of nitrogens with zero attached hydrogens (tertiary/aromatic N) is 2. The molecule has 2 rings (SSSR count). The fourth-order valence-electron chi connectivity index (χ4n) is 3.31. The summed E-state index contributed by atoms with van der Waals surface area (Å²) >= 11 is 0. The van der Waals surface area contributed by atoms with Crippen LogP contribution in [0.1, 0.15) is 32.6 Å². The molecule has 23 heavy (non-hydrogen) atoms. The van der Waals surface area contributed by atoms with Crippen LogP contribution in [0.4, 0.5) is 4.79 Å². The van der Waals surface area contributed by atoms with E-state index in [9.17, 15) is 14.4 Å². The van der Waals surface area contributed by atoms with E-state index < -0.39 is 17.9 Å². The molecule has 1 heterocycles. The Kier molecular flexibility index (Phi) is 5.81. The Morgan fingerprint density at radius 2 is 1.96 bits per heavy atom. The summed E-state index contributed by atoms with van der Waals surface area (Å²) in [5.41, 5.74) is 0. The van der Waals surface area contributed by atoms with Gasteiger partial charge in [0, 0.05) is 25.2 Å². The molecule has 2 amide bonds. The molecule has 2 fully saturated rings. The molecular weight excluding hydrogens is 302 g/mol. The first kappa shape index (κ1) is 17.5. The second-order valence-corrected chi connectivity index (χ2v) is 6.35. The number of hydrogen-bond acceptors (Lipinski definition) is 4. The van der Waals surface area contributed by atoms with Gasteiger partial charge in [-0.15, -0.1) is 0 Å². The minimum Gasteiger partial charge on any atom is -0.481 e. The Labute approximate surface area is 135 Å². The number of carbonyl (C=O) groups excluding carboxylic acids is 1. The fourth-order valence-corrected chi connectivity index (χ4v) is 3.31. The van der Waals surface area contributed by atoms with Crippen LogP contribution in [0.3, 0.4) is 0 Å². The van der Waals surface area contributed by atoms with Crippen molar-refractivity contribution in [3.63, 3.8) is 0 Å². The second kappa shape index (κ2) is 7.63. The van der Waals surface area contributed by atoms with Crippen molar-refractivity contribution in [1.29, 1.82) is 0 Å². The van der Waals surface area contributed by atoms with Crippen LogP contribution in [-0.2, 0) is 9.59 Å². The zero-order valence-corrected chi connectivity index (χ0v) is 13.4. The summed E-state index contributed by atoms with van der Waals surface area (Å²) in [7, 11) is 0. The predicted molar refractivity (Wildman–Crippen MR) is 82.2 cm³/mol. The average molecular weight is 327 g/mol. The third-order valence-corrected chi connectivity index (χ3v) is 4.76. The maximum Gasteiger partial charge on any atom is 0.317 e.